The van der Waals surface area contributed by atoms with Gasteiger partial charge in [0.2, 0.25) is 6.04 Å². The molecular formula is C42H46BNO2. The van der Waals surface area contributed by atoms with Crippen LogP contribution in [0.5, 0.6) is 0 Å². The van der Waals surface area contributed by atoms with Crippen LogP contribution in [0.4, 0.5) is 0 Å². The van der Waals surface area contributed by atoms with Crippen molar-refractivity contribution < 1.29 is 14.0 Å². The van der Waals surface area contributed by atoms with Crippen molar-refractivity contribution >= 4 is 34.2 Å². The Labute approximate surface area is 275 Å². The first-order chi connectivity index (χ1) is 22.4. The summed E-state index contributed by atoms with van der Waals surface area (Å²) in [6.45, 7) is 10.3. The maximum Gasteiger partial charge on any atom is 0.202 e. The van der Waals surface area contributed by atoms with E-state index in [-0.39, 0.29) is 6.10 Å². The first-order valence-corrected chi connectivity index (χ1v) is 16.8. The van der Waals surface area contributed by atoms with Crippen molar-refractivity contribution in [3.8, 4) is 0 Å². The van der Waals surface area contributed by atoms with Crippen LogP contribution in [0.1, 0.15) is 38.8 Å². The van der Waals surface area contributed by atoms with Gasteiger partial charge in [0.05, 0.1) is 0 Å². The van der Waals surface area contributed by atoms with Crippen LogP contribution in [-0.4, -0.2) is 48.0 Å². The molecule has 5 aromatic carbocycles. The lowest BCUT2D eigenvalue weighted by Gasteiger charge is -2.44. The average Bonchev–Trinajstić information content (AvgIpc) is 3.10. The van der Waals surface area contributed by atoms with E-state index >= 15 is 0 Å². The van der Waals surface area contributed by atoms with Gasteiger partial charge in [-0.1, -0.05) is 153 Å². The van der Waals surface area contributed by atoms with Gasteiger partial charge in [-0.25, -0.2) is 4.58 Å². The number of hydrogen-bond acceptors (Lipinski definition) is 2. The molecule has 7 rings (SSSR count). The Bertz CT molecular complexity index is 1560. The van der Waals surface area contributed by atoms with Gasteiger partial charge in [-0.15, -0.1) is 0 Å². The van der Waals surface area contributed by atoms with Crippen LogP contribution in [0.2, 0.25) is 0 Å². The van der Waals surface area contributed by atoms with E-state index in [0.29, 0.717) is 12.0 Å². The summed E-state index contributed by atoms with van der Waals surface area (Å²) in [5.74, 6) is 0.00261. The second-order valence-corrected chi connectivity index (χ2v) is 13.4. The zero-order valence-corrected chi connectivity index (χ0v) is 27.6. The van der Waals surface area contributed by atoms with Crippen molar-refractivity contribution in [1.82, 2.24) is 0 Å². The summed E-state index contributed by atoms with van der Waals surface area (Å²) in [7, 11) is 0. The molecule has 5 aromatic rings. The van der Waals surface area contributed by atoms with Gasteiger partial charge in [0.25, 0.3) is 0 Å². The third-order valence-corrected chi connectivity index (χ3v) is 9.68. The number of nitrogens with zero attached hydrogens (tertiary/aromatic N) is 1. The maximum atomic E-state index is 6.21. The van der Waals surface area contributed by atoms with Crippen molar-refractivity contribution in [3.05, 3.63) is 157 Å². The zero-order valence-electron chi connectivity index (χ0n) is 27.6. The first-order valence-electron chi connectivity index (χ1n) is 16.8. The fourth-order valence-electron chi connectivity index (χ4n) is 7.45. The average molecular weight is 608 g/mol. The molecule has 0 aromatic heterocycles. The molecule has 0 aliphatic carbocycles. The lowest BCUT2D eigenvalue weighted by Crippen LogP contribution is -2.74. The first kappa shape index (κ1) is 31.7. The van der Waals surface area contributed by atoms with Gasteiger partial charge in [-0.05, 0) is 31.4 Å². The smallest absolute Gasteiger partial charge is 0.202 e. The summed E-state index contributed by atoms with van der Waals surface area (Å²) in [6, 6.07) is 52.5. The number of hydrogen-bond donors (Lipinski definition) is 0. The second kappa shape index (κ2) is 14.0. The minimum Gasteiger partial charge on any atom is -0.344 e. The molecular weight excluding hydrogens is 561 g/mol. The molecule has 2 atom stereocenters. The Hall–Kier alpha value is -4.25. The third kappa shape index (κ3) is 6.65. The van der Waals surface area contributed by atoms with E-state index in [4.69, 9.17) is 9.47 Å². The van der Waals surface area contributed by atoms with Crippen molar-refractivity contribution in [2.24, 2.45) is 5.92 Å². The lowest BCUT2D eigenvalue weighted by atomic mass is 9.13. The predicted octanol–water partition coefficient (Wildman–Crippen LogP) is 5.91. The van der Waals surface area contributed by atoms with Gasteiger partial charge in [0.15, 0.2) is 12.0 Å². The van der Waals surface area contributed by atoms with E-state index in [1.807, 2.05) is 13.8 Å². The number of ether oxygens (including phenoxy) is 2. The van der Waals surface area contributed by atoms with Crippen LogP contribution >= 0.6 is 0 Å². The molecule has 234 valence electrons. The summed E-state index contributed by atoms with van der Waals surface area (Å²) in [4.78, 5) is 0. The number of fused-ring (bicyclic) bond motifs is 1. The Morgan fingerprint density at radius 2 is 1.07 bits per heavy atom. The van der Waals surface area contributed by atoms with Gasteiger partial charge in [0.1, 0.15) is 25.4 Å². The molecule has 0 bridgehead atoms. The summed E-state index contributed by atoms with van der Waals surface area (Å²) in [5, 5.41) is 0. The van der Waals surface area contributed by atoms with Gasteiger partial charge < -0.3 is 9.47 Å². The largest absolute Gasteiger partial charge is 0.344 e. The normalized spacial score (nSPS) is 18.9. The van der Waals surface area contributed by atoms with Crippen molar-refractivity contribution in [3.63, 3.8) is 0 Å². The van der Waals surface area contributed by atoms with E-state index in [0.717, 1.165) is 19.6 Å². The second-order valence-electron chi connectivity index (χ2n) is 13.4. The highest BCUT2D eigenvalue weighted by atomic mass is 16.7. The quantitative estimate of drug-likeness (QED) is 0.177. The number of rotatable bonds is 6. The topological polar surface area (TPSA) is 21.5 Å². The fraction of sp³-hybridized carbons (Fsp3) is 0.262. The monoisotopic (exact) mass is 607 g/mol. The van der Waals surface area contributed by atoms with Crippen LogP contribution in [0, 0.1) is 5.92 Å². The Kier molecular flexibility index (Phi) is 9.68. The molecule has 46 heavy (non-hydrogen) atoms. The summed E-state index contributed by atoms with van der Waals surface area (Å²) in [6.07, 6.45) is 2.36. The molecule has 0 radical (unpaired) electrons. The summed E-state index contributed by atoms with van der Waals surface area (Å²) < 4.78 is 14.5. The molecule has 0 saturated carbocycles. The van der Waals surface area contributed by atoms with Crippen molar-refractivity contribution in [2.75, 3.05) is 13.2 Å². The SMILES string of the molecule is CC(C)[C@@H]1OC(C)(C)OC[C@@H]1[N+]1=Cc2ccccc2CC1.c1ccc([B-](c2ccccc2)(c2ccccc2)c2ccccc2)cc1. The minimum atomic E-state index is -1.22. The molecule has 3 nitrogen and oxygen atoms in total. The van der Waals surface area contributed by atoms with Crippen LogP contribution in [0.25, 0.3) is 0 Å². The molecule has 0 spiro atoms. The van der Waals surface area contributed by atoms with Crippen LogP contribution < -0.4 is 21.9 Å². The molecule has 1 saturated heterocycles. The van der Waals surface area contributed by atoms with Gasteiger partial charge in [-0.3, -0.25) is 0 Å². The molecule has 4 heteroatoms. The van der Waals surface area contributed by atoms with E-state index < -0.39 is 11.9 Å². The standard InChI is InChI=1S/C24H20B.C18H26NO2/c1-5-13-21(14-6-1)25(22-15-7-2-8-16-22,23-17-9-3-10-18-23)24-19-11-4-12-20-24;1-13(2)17-16(12-20-18(3,4)21-17)19-10-9-14-7-5-6-8-15(14)11-19/h1-20H;5-8,11,13,16-17H,9-10,12H2,1-4H3/q-1;+1/t;16-,17-/m.0/s1. The van der Waals surface area contributed by atoms with Crippen molar-refractivity contribution in [1.29, 1.82) is 0 Å². The Morgan fingerprint density at radius 3 is 1.52 bits per heavy atom. The highest BCUT2D eigenvalue weighted by Crippen LogP contribution is 2.29. The zero-order chi connectivity index (χ0) is 32.0. The van der Waals surface area contributed by atoms with Crippen molar-refractivity contribution in [2.45, 2.75) is 52.0 Å². The molecule has 0 amide bonds. The van der Waals surface area contributed by atoms with Crippen LogP contribution in [0.15, 0.2) is 146 Å². The Morgan fingerprint density at radius 1 is 0.630 bits per heavy atom. The third-order valence-electron chi connectivity index (χ3n) is 9.68. The molecule has 2 aliphatic rings. The molecule has 2 heterocycles. The van der Waals surface area contributed by atoms with E-state index in [9.17, 15) is 0 Å². The molecule has 1 fully saturated rings. The summed E-state index contributed by atoms with van der Waals surface area (Å²) in [5.41, 5.74) is 8.12. The number of benzene rings is 5. The van der Waals surface area contributed by atoms with Crippen LogP contribution in [-0.2, 0) is 15.9 Å². The van der Waals surface area contributed by atoms with E-state index in [2.05, 4.69) is 170 Å². The molecule has 0 N–H and O–H groups in total. The minimum absolute atomic E-state index is 0.204. The van der Waals surface area contributed by atoms with E-state index in [1.165, 1.54) is 33.0 Å². The molecule has 0 unspecified atom stereocenters. The molecule has 2 aliphatic heterocycles. The Balaban J connectivity index is 0.000000164. The van der Waals surface area contributed by atoms with E-state index in [1.54, 1.807) is 0 Å². The maximum absolute atomic E-state index is 6.21. The fourth-order valence-corrected chi connectivity index (χ4v) is 7.45. The van der Waals surface area contributed by atoms with Gasteiger partial charge in [0, 0.05) is 12.0 Å². The summed E-state index contributed by atoms with van der Waals surface area (Å²) >= 11 is 0. The highest BCUT2D eigenvalue weighted by molar-refractivity contribution is 7.19. The lowest BCUT2D eigenvalue weighted by molar-refractivity contribution is -0.595. The highest BCUT2D eigenvalue weighted by Gasteiger charge is 2.44. The van der Waals surface area contributed by atoms with Gasteiger partial charge in [-0.2, -0.15) is 21.9 Å². The predicted molar refractivity (Wildman–Crippen MR) is 194 cm³/mol. The van der Waals surface area contributed by atoms with Gasteiger partial charge >= 0.3 is 0 Å². The van der Waals surface area contributed by atoms with Crippen LogP contribution in [0.3, 0.4) is 0 Å².